The first-order chi connectivity index (χ1) is 25.7. The predicted octanol–water partition coefficient (Wildman–Crippen LogP) is 10.4. The lowest BCUT2D eigenvalue weighted by molar-refractivity contribution is 1.07. The second-order valence-electron chi connectivity index (χ2n) is 12.4. The number of nitrogens with one attached hydrogen (secondary N) is 1. The van der Waals surface area contributed by atoms with Gasteiger partial charge in [0.2, 0.25) is 0 Å². The first-order valence-electron chi connectivity index (χ1n) is 17.0. The smallest absolute Gasteiger partial charge is 0.138 e. The van der Waals surface area contributed by atoms with E-state index in [9.17, 15) is 0 Å². The number of rotatable bonds is 6. The van der Waals surface area contributed by atoms with Crippen LogP contribution >= 0.6 is 23.2 Å². The topological polar surface area (TPSA) is 115 Å². The Balaban J connectivity index is 0.000000150. The minimum atomic E-state index is 0.483. The van der Waals surface area contributed by atoms with Gasteiger partial charge in [-0.1, -0.05) is 71.7 Å². The van der Waals surface area contributed by atoms with E-state index in [4.69, 9.17) is 28.9 Å². The zero-order valence-corrected chi connectivity index (χ0v) is 31.1. The maximum atomic E-state index is 5.96. The van der Waals surface area contributed by atoms with E-state index < -0.39 is 0 Å². The lowest BCUT2D eigenvalue weighted by Gasteiger charge is -2.09. The van der Waals surface area contributed by atoms with Crippen LogP contribution in [-0.4, -0.2) is 29.9 Å². The Hall–Kier alpha value is -5.80. The van der Waals surface area contributed by atoms with Crippen LogP contribution in [0, 0.1) is 20.8 Å². The van der Waals surface area contributed by atoms with Crippen LogP contribution in [0.4, 0.5) is 5.82 Å². The zero-order chi connectivity index (χ0) is 37.2. The van der Waals surface area contributed by atoms with Crippen molar-refractivity contribution in [2.24, 2.45) is 5.73 Å². The molecule has 0 aliphatic carbocycles. The average Bonchev–Trinajstić information content (AvgIpc) is 3.18. The molecule has 0 unspecified atom stereocenters. The number of aryl methyl sites for hydroxylation is 3. The molecule has 0 saturated carbocycles. The number of hydrogen-bond donors (Lipinski definition) is 2. The number of hydrogen-bond acceptors (Lipinski definition) is 8. The molecule has 0 fully saturated rings. The van der Waals surface area contributed by atoms with Gasteiger partial charge in [0.25, 0.3) is 0 Å². The Kier molecular flexibility index (Phi) is 12.3. The molecule has 8 aromatic rings. The van der Waals surface area contributed by atoms with Gasteiger partial charge < -0.3 is 11.1 Å². The Labute approximate surface area is 319 Å². The van der Waals surface area contributed by atoms with E-state index in [1.54, 1.807) is 24.8 Å². The number of pyridine rings is 6. The van der Waals surface area contributed by atoms with Crippen molar-refractivity contribution in [3.05, 3.63) is 173 Å². The summed E-state index contributed by atoms with van der Waals surface area (Å²) in [6, 6.07) is 32.7. The summed E-state index contributed by atoms with van der Waals surface area (Å²) in [5.74, 6) is 0.806. The SMILES string of the molecule is Cc1cc(-c2ccc(CN)cc2)ccn1.Cc1cc(-c2ccc(CNc3nccc4cc(Cl)ncc34)cc2)ccn1.Cc1cc2ccnc(Cl)c2cn1. The molecule has 53 heavy (non-hydrogen) atoms. The maximum Gasteiger partial charge on any atom is 0.138 e. The van der Waals surface area contributed by atoms with E-state index in [0.29, 0.717) is 23.4 Å². The van der Waals surface area contributed by atoms with Gasteiger partial charge in [-0.2, -0.15) is 0 Å². The van der Waals surface area contributed by atoms with Crippen molar-refractivity contribution in [3.8, 4) is 22.3 Å². The van der Waals surface area contributed by atoms with Crippen LogP contribution in [0.25, 0.3) is 43.8 Å². The normalized spacial score (nSPS) is 10.6. The third kappa shape index (κ3) is 9.96. The molecule has 8 rings (SSSR count). The molecule has 2 aromatic carbocycles. The quantitative estimate of drug-likeness (QED) is 0.162. The Morgan fingerprint density at radius 3 is 1.64 bits per heavy atom. The lowest BCUT2D eigenvalue weighted by atomic mass is 10.0. The van der Waals surface area contributed by atoms with Gasteiger partial charge in [0.05, 0.1) is 0 Å². The van der Waals surface area contributed by atoms with Gasteiger partial charge in [-0.3, -0.25) is 15.0 Å². The van der Waals surface area contributed by atoms with Crippen molar-refractivity contribution >= 4 is 50.6 Å². The summed E-state index contributed by atoms with van der Waals surface area (Å²) in [7, 11) is 0. The van der Waals surface area contributed by atoms with Gasteiger partial charge in [-0.05, 0) is 113 Å². The molecule has 0 radical (unpaired) electrons. The fourth-order valence-corrected chi connectivity index (χ4v) is 5.99. The van der Waals surface area contributed by atoms with Gasteiger partial charge in [-0.15, -0.1) is 0 Å². The highest BCUT2D eigenvalue weighted by Crippen LogP contribution is 2.25. The van der Waals surface area contributed by atoms with Gasteiger partial charge >= 0.3 is 0 Å². The van der Waals surface area contributed by atoms with Gasteiger partial charge in [0.1, 0.15) is 16.1 Å². The second-order valence-corrected chi connectivity index (χ2v) is 13.1. The highest BCUT2D eigenvalue weighted by atomic mass is 35.5. The van der Waals surface area contributed by atoms with Gasteiger partial charge in [0.15, 0.2) is 0 Å². The minimum absolute atomic E-state index is 0.483. The Morgan fingerprint density at radius 1 is 0.509 bits per heavy atom. The van der Waals surface area contributed by atoms with E-state index in [1.807, 2.05) is 69.6 Å². The fourth-order valence-electron chi connectivity index (χ4n) is 5.61. The van der Waals surface area contributed by atoms with Crippen LogP contribution in [0.15, 0.2) is 134 Å². The molecular formula is C43H38Cl2N8. The number of anilines is 1. The lowest BCUT2D eigenvalue weighted by Crippen LogP contribution is -2.02. The molecule has 6 heterocycles. The van der Waals surface area contributed by atoms with E-state index in [-0.39, 0.29) is 0 Å². The van der Waals surface area contributed by atoms with Crippen molar-refractivity contribution in [2.75, 3.05) is 5.32 Å². The molecule has 0 spiro atoms. The van der Waals surface area contributed by atoms with Crippen LogP contribution < -0.4 is 11.1 Å². The molecule has 0 amide bonds. The molecule has 264 valence electrons. The molecule has 8 nitrogen and oxygen atoms in total. The number of aromatic nitrogens is 6. The first kappa shape index (κ1) is 37.0. The number of nitrogens with two attached hydrogens (primary N) is 1. The summed E-state index contributed by atoms with van der Waals surface area (Å²) >= 11 is 11.8. The monoisotopic (exact) mass is 736 g/mol. The van der Waals surface area contributed by atoms with Crippen LogP contribution in [0.5, 0.6) is 0 Å². The largest absolute Gasteiger partial charge is 0.365 e. The van der Waals surface area contributed by atoms with Crippen LogP contribution in [0.2, 0.25) is 10.3 Å². The van der Waals surface area contributed by atoms with Gasteiger partial charge in [0, 0.05) is 78.1 Å². The van der Waals surface area contributed by atoms with Crippen molar-refractivity contribution in [1.29, 1.82) is 0 Å². The van der Waals surface area contributed by atoms with E-state index in [0.717, 1.165) is 50.0 Å². The highest BCUT2D eigenvalue weighted by Gasteiger charge is 2.05. The number of nitrogens with zero attached hydrogens (tertiary/aromatic N) is 6. The second kappa shape index (κ2) is 17.6. The number of benzene rings is 2. The molecule has 0 bridgehead atoms. The van der Waals surface area contributed by atoms with Gasteiger partial charge in [-0.25, -0.2) is 15.0 Å². The molecule has 0 aliphatic rings. The standard InChI is InChI=1S/C21H17ClN4.C13H14N2.C9H7ClN2/c1-14-10-17(6-8-23-14)16-4-2-15(3-5-16)12-26-21-19-13-25-20(22)11-18(19)7-9-24-21;1-10-8-13(6-7-15-10)12-4-2-11(9-14)3-5-12;1-6-4-7-2-3-11-9(10)8(7)5-12-6/h2-11,13H,12H2,1H3,(H,24,26);2-8H,9,14H2,1H3;2-5H,1H3. The molecule has 3 N–H and O–H groups in total. The molecule has 0 saturated heterocycles. The van der Waals surface area contributed by atoms with E-state index in [2.05, 4.69) is 95.9 Å². The molecule has 0 atom stereocenters. The van der Waals surface area contributed by atoms with Crippen LogP contribution in [-0.2, 0) is 13.1 Å². The van der Waals surface area contributed by atoms with Crippen molar-refractivity contribution in [1.82, 2.24) is 29.9 Å². The van der Waals surface area contributed by atoms with Crippen molar-refractivity contribution in [3.63, 3.8) is 0 Å². The molecule has 0 aliphatic heterocycles. The summed E-state index contributed by atoms with van der Waals surface area (Å²) in [5.41, 5.74) is 15.7. The summed E-state index contributed by atoms with van der Waals surface area (Å²) in [6.45, 7) is 7.23. The van der Waals surface area contributed by atoms with Crippen LogP contribution in [0.3, 0.4) is 0 Å². The number of fused-ring (bicyclic) bond motifs is 2. The molecule has 10 heteroatoms. The molecular weight excluding hydrogens is 699 g/mol. The van der Waals surface area contributed by atoms with E-state index >= 15 is 0 Å². The maximum absolute atomic E-state index is 5.96. The third-order valence-electron chi connectivity index (χ3n) is 8.42. The van der Waals surface area contributed by atoms with E-state index in [1.165, 1.54) is 27.8 Å². The van der Waals surface area contributed by atoms with Crippen LogP contribution in [0.1, 0.15) is 28.2 Å². The Bertz CT molecular complexity index is 2450. The third-order valence-corrected chi connectivity index (χ3v) is 8.92. The fraction of sp³-hybridized carbons (Fsp3) is 0.116. The van der Waals surface area contributed by atoms with Crippen molar-refractivity contribution in [2.45, 2.75) is 33.9 Å². The summed E-state index contributed by atoms with van der Waals surface area (Å²) in [5, 5.41) is 8.36. The summed E-state index contributed by atoms with van der Waals surface area (Å²) < 4.78 is 0. The highest BCUT2D eigenvalue weighted by molar-refractivity contribution is 6.34. The first-order valence-corrected chi connectivity index (χ1v) is 17.8. The predicted molar refractivity (Wildman–Crippen MR) is 218 cm³/mol. The zero-order valence-electron chi connectivity index (χ0n) is 29.6. The Morgan fingerprint density at radius 2 is 1.04 bits per heavy atom. The molecule has 6 aromatic heterocycles. The number of halogens is 2. The summed E-state index contributed by atoms with van der Waals surface area (Å²) in [4.78, 5) is 25.1. The average molecular weight is 738 g/mol. The minimum Gasteiger partial charge on any atom is -0.365 e. The van der Waals surface area contributed by atoms with Crippen molar-refractivity contribution < 1.29 is 0 Å². The summed E-state index contributed by atoms with van der Waals surface area (Å²) in [6.07, 6.45) is 10.6.